The summed E-state index contributed by atoms with van der Waals surface area (Å²) in [5.41, 5.74) is 1.43. The van der Waals surface area contributed by atoms with Crippen molar-refractivity contribution < 1.29 is 19.4 Å². The predicted molar refractivity (Wildman–Crippen MR) is 154 cm³/mol. The maximum absolute atomic E-state index is 14.1. The Hall–Kier alpha value is -3.22. The molecule has 2 fully saturated rings. The molecule has 1 N–H and O–H groups in total. The highest BCUT2D eigenvalue weighted by molar-refractivity contribution is 5.98. The second-order valence-electron chi connectivity index (χ2n) is 12.0. The lowest BCUT2D eigenvalue weighted by Gasteiger charge is -2.56. The van der Waals surface area contributed by atoms with Crippen molar-refractivity contribution in [1.82, 2.24) is 9.80 Å². The summed E-state index contributed by atoms with van der Waals surface area (Å²) < 4.78 is 5.45. The number of amides is 1. The maximum atomic E-state index is 14.1. The number of fused-ring (bicyclic) bond motifs is 2. The fourth-order valence-electron chi connectivity index (χ4n) is 6.90. The molecule has 3 aromatic rings. The van der Waals surface area contributed by atoms with Crippen molar-refractivity contribution in [2.75, 3.05) is 26.7 Å². The van der Waals surface area contributed by atoms with Gasteiger partial charge in [0.2, 0.25) is 0 Å². The van der Waals surface area contributed by atoms with Gasteiger partial charge < -0.3 is 19.6 Å². The van der Waals surface area contributed by atoms with E-state index in [1.54, 1.807) is 6.07 Å². The van der Waals surface area contributed by atoms with Crippen LogP contribution in [-0.4, -0.2) is 65.6 Å². The first-order valence-corrected chi connectivity index (χ1v) is 14.1. The third-order valence-electron chi connectivity index (χ3n) is 8.67. The summed E-state index contributed by atoms with van der Waals surface area (Å²) in [6.07, 6.45) is 1.63. The topological polar surface area (TPSA) is 70.1 Å². The highest BCUT2D eigenvalue weighted by atomic mass is 16.5. The van der Waals surface area contributed by atoms with Crippen LogP contribution >= 0.6 is 0 Å². The molecule has 1 saturated carbocycles. The Labute approximate surface area is 231 Å². The first-order chi connectivity index (χ1) is 18.7. The number of carbonyl (C=O) groups is 2. The summed E-state index contributed by atoms with van der Waals surface area (Å²) >= 11 is 0. The third kappa shape index (κ3) is 5.59. The fourth-order valence-corrected chi connectivity index (χ4v) is 6.90. The molecule has 0 spiro atoms. The molecular weight excluding hydrogens is 488 g/mol. The molecule has 1 amide bonds. The molecule has 1 aliphatic carbocycles. The first-order valence-electron chi connectivity index (χ1n) is 14.1. The number of piperidine rings is 1. The number of nitrogens with zero attached hydrogens (tertiary/aromatic N) is 2. The molecule has 1 heterocycles. The van der Waals surface area contributed by atoms with Gasteiger partial charge >= 0.3 is 5.97 Å². The Morgan fingerprint density at radius 3 is 2.59 bits per heavy atom. The zero-order chi connectivity index (χ0) is 27.7. The summed E-state index contributed by atoms with van der Waals surface area (Å²) in [6, 6.07) is 21.7. The normalized spacial score (nSPS) is 25.3. The van der Waals surface area contributed by atoms with Crippen LogP contribution in [0.5, 0.6) is 5.75 Å². The van der Waals surface area contributed by atoms with Crippen molar-refractivity contribution in [2.24, 2.45) is 11.8 Å². The van der Waals surface area contributed by atoms with Crippen LogP contribution in [0.25, 0.3) is 10.8 Å². The van der Waals surface area contributed by atoms with Gasteiger partial charge in [0, 0.05) is 43.0 Å². The van der Waals surface area contributed by atoms with Gasteiger partial charge in [-0.2, -0.15) is 0 Å². The van der Waals surface area contributed by atoms with E-state index < -0.39 is 6.10 Å². The molecule has 1 saturated heterocycles. The molecule has 4 atom stereocenters. The number of aliphatic hydroxyl groups excluding tert-OH is 1. The van der Waals surface area contributed by atoms with E-state index in [-0.39, 0.29) is 35.2 Å². The fraction of sp³-hybridized carbons (Fsp3) is 0.455. The largest absolute Gasteiger partial charge is 0.427 e. The zero-order valence-corrected chi connectivity index (χ0v) is 23.5. The summed E-state index contributed by atoms with van der Waals surface area (Å²) in [4.78, 5) is 30.1. The van der Waals surface area contributed by atoms with Gasteiger partial charge in [-0.25, -0.2) is 0 Å². The molecule has 0 aromatic heterocycles. The maximum Gasteiger partial charge on any atom is 0.308 e. The average molecular weight is 529 g/mol. The van der Waals surface area contributed by atoms with Gasteiger partial charge in [-0.3, -0.25) is 9.59 Å². The predicted octanol–water partition coefficient (Wildman–Crippen LogP) is 5.28. The molecule has 2 aliphatic rings. The molecule has 0 radical (unpaired) electrons. The molecule has 4 unspecified atom stereocenters. The number of carbonyl (C=O) groups excluding carboxylic acids is 2. The molecule has 1 aliphatic heterocycles. The average Bonchev–Trinajstić information content (AvgIpc) is 2.91. The molecule has 0 bridgehead atoms. The van der Waals surface area contributed by atoms with Crippen LogP contribution in [-0.2, 0) is 10.2 Å². The van der Waals surface area contributed by atoms with Crippen LogP contribution in [0.2, 0.25) is 0 Å². The molecular formula is C33H40N2O4. The van der Waals surface area contributed by atoms with Gasteiger partial charge in [0.05, 0.1) is 6.10 Å². The number of hydrogen-bond acceptors (Lipinski definition) is 5. The molecule has 39 heavy (non-hydrogen) atoms. The zero-order valence-electron chi connectivity index (χ0n) is 23.5. The van der Waals surface area contributed by atoms with Crippen LogP contribution in [0, 0.1) is 11.8 Å². The Balaban J connectivity index is 1.53. The van der Waals surface area contributed by atoms with Crippen molar-refractivity contribution in [3.63, 3.8) is 0 Å². The van der Waals surface area contributed by atoms with Crippen LogP contribution in [0.1, 0.15) is 56.0 Å². The Bertz CT molecular complexity index is 1350. The summed E-state index contributed by atoms with van der Waals surface area (Å²) in [6.45, 7) is 7.99. The van der Waals surface area contributed by atoms with Gasteiger partial charge in [0.25, 0.3) is 5.91 Å². The van der Waals surface area contributed by atoms with Crippen molar-refractivity contribution in [1.29, 1.82) is 0 Å². The Kier molecular flexibility index (Phi) is 7.79. The van der Waals surface area contributed by atoms with Crippen LogP contribution in [0.15, 0.2) is 66.7 Å². The lowest BCUT2D eigenvalue weighted by molar-refractivity contribution is -0.131. The van der Waals surface area contributed by atoms with Gasteiger partial charge in [-0.1, -0.05) is 56.3 Å². The number of hydrogen-bond donors (Lipinski definition) is 1. The van der Waals surface area contributed by atoms with Crippen LogP contribution in [0.4, 0.5) is 0 Å². The van der Waals surface area contributed by atoms with E-state index in [0.717, 1.165) is 42.3 Å². The summed E-state index contributed by atoms with van der Waals surface area (Å²) in [5, 5.41) is 13.8. The number of aliphatic hydroxyl groups is 1. The van der Waals surface area contributed by atoms with Crippen molar-refractivity contribution in [3.05, 3.63) is 77.9 Å². The van der Waals surface area contributed by atoms with E-state index in [1.807, 2.05) is 53.4 Å². The SMILES string of the molecule is CC(=O)Oc1cccc(C23CCN(C)CC2C(O)CC(N(CC(C)C)C(=O)c2ccc4ccccc4c2)C3)c1. The van der Waals surface area contributed by atoms with E-state index in [2.05, 4.69) is 37.9 Å². The van der Waals surface area contributed by atoms with E-state index in [1.165, 1.54) is 6.92 Å². The van der Waals surface area contributed by atoms with Gasteiger partial charge in [-0.15, -0.1) is 0 Å². The minimum Gasteiger partial charge on any atom is -0.427 e. The summed E-state index contributed by atoms with van der Waals surface area (Å²) in [7, 11) is 2.10. The van der Waals surface area contributed by atoms with Gasteiger partial charge in [0.15, 0.2) is 0 Å². The molecule has 6 heteroatoms. The van der Waals surface area contributed by atoms with Gasteiger partial charge in [-0.05, 0) is 79.4 Å². The van der Waals surface area contributed by atoms with E-state index in [4.69, 9.17) is 4.74 Å². The van der Waals surface area contributed by atoms with Crippen LogP contribution < -0.4 is 4.74 Å². The van der Waals surface area contributed by atoms with Crippen molar-refractivity contribution in [3.8, 4) is 5.75 Å². The molecule has 6 nitrogen and oxygen atoms in total. The van der Waals surface area contributed by atoms with Gasteiger partial charge in [0.1, 0.15) is 5.75 Å². The van der Waals surface area contributed by atoms with E-state index >= 15 is 0 Å². The molecule has 5 rings (SSSR count). The highest BCUT2D eigenvalue weighted by Crippen LogP contribution is 2.50. The minimum atomic E-state index is -0.553. The van der Waals surface area contributed by atoms with E-state index in [0.29, 0.717) is 24.3 Å². The quantitative estimate of drug-likeness (QED) is 0.348. The second-order valence-corrected chi connectivity index (χ2v) is 12.0. The minimum absolute atomic E-state index is 0.0156. The lowest BCUT2D eigenvalue weighted by atomic mass is 9.56. The Morgan fingerprint density at radius 1 is 1.08 bits per heavy atom. The smallest absolute Gasteiger partial charge is 0.308 e. The third-order valence-corrected chi connectivity index (χ3v) is 8.67. The van der Waals surface area contributed by atoms with Crippen molar-refractivity contribution >= 4 is 22.6 Å². The van der Waals surface area contributed by atoms with Crippen molar-refractivity contribution in [2.45, 2.75) is 57.6 Å². The van der Waals surface area contributed by atoms with Crippen LogP contribution in [0.3, 0.4) is 0 Å². The standard InChI is InChI=1S/C33H40N2O4/c1-22(2)20-35(32(38)26-13-12-24-8-5-6-9-25(24)16-26)28-18-31(37)30-21-34(4)15-14-33(30,19-28)27-10-7-11-29(17-27)39-23(3)36/h5-13,16-17,22,28,30-31,37H,14-15,18-21H2,1-4H3. The lowest BCUT2D eigenvalue weighted by Crippen LogP contribution is -2.61. The second kappa shape index (κ2) is 11.1. The number of likely N-dealkylation sites (tertiary alicyclic amines) is 1. The summed E-state index contributed by atoms with van der Waals surface area (Å²) in [5.74, 6) is 0.494. The molecule has 3 aromatic carbocycles. The number of rotatable bonds is 6. The monoisotopic (exact) mass is 528 g/mol. The number of esters is 1. The molecule has 206 valence electrons. The first kappa shape index (κ1) is 27.4. The van der Waals surface area contributed by atoms with E-state index in [9.17, 15) is 14.7 Å². The highest BCUT2D eigenvalue weighted by Gasteiger charge is 2.53. The number of ether oxygens (including phenoxy) is 1. The Morgan fingerprint density at radius 2 is 1.85 bits per heavy atom. The number of benzene rings is 3.